The molecular weight excluding hydrogens is 406 g/mol. The fraction of sp³-hybridized carbons (Fsp3) is 0.440. The summed E-state index contributed by atoms with van der Waals surface area (Å²) in [5, 5.41) is 8.82. The van der Waals surface area contributed by atoms with Crippen molar-refractivity contribution >= 4 is 17.5 Å². The summed E-state index contributed by atoms with van der Waals surface area (Å²) in [5.41, 5.74) is 3.85. The van der Waals surface area contributed by atoms with Crippen LogP contribution in [-0.2, 0) is 15.1 Å². The maximum atomic E-state index is 12.2. The molecule has 1 N–H and O–H groups in total. The number of nitrogens with zero attached hydrogens (tertiary/aromatic N) is 2. The summed E-state index contributed by atoms with van der Waals surface area (Å²) in [6, 6.07) is 15.7. The minimum Gasteiger partial charge on any atom is -0.497 e. The molecule has 2 heterocycles. The number of benzene rings is 2. The number of ether oxygens (including phenoxy) is 1. The lowest BCUT2D eigenvalue weighted by molar-refractivity contribution is -0.154. The quantitative estimate of drug-likeness (QED) is 0.719. The van der Waals surface area contributed by atoms with Crippen LogP contribution in [0, 0.1) is 0 Å². The SMILES string of the molecule is COc1ccc(NC(=O)ON2CCC3(CC2)CC(c2ccc(C(C)(C)C)cc2)=NO3)cc1. The fourth-order valence-corrected chi connectivity index (χ4v) is 4.02. The Labute approximate surface area is 189 Å². The van der Waals surface area contributed by atoms with Crippen molar-refractivity contribution < 1.29 is 19.2 Å². The van der Waals surface area contributed by atoms with E-state index in [9.17, 15) is 4.79 Å². The molecule has 2 aromatic carbocycles. The smallest absolute Gasteiger partial charge is 0.430 e. The van der Waals surface area contributed by atoms with Crippen molar-refractivity contribution in [2.75, 3.05) is 25.5 Å². The van der Waals surface area contributed by atoms with Crippen LogP contribution in [0.5, 0.6) is 5.75 Å². The molecule has 2 aliphatic rings. The van der Waals surface area contributed by atoms with E-state index in [4.69, 9.17) is 14.4 Å². The Kier molecular flexibility index (Phi) is 6.11. The van der Waals surface area contributed by atoms with E-state index in [0.717, 1.165) is 36.3 Å². The van der Waals surface area contributed by atoms with Gasteiger partial charge in [-0.1, -0.05) is 50.2 Å². The summed E-state index contributed by atoms with van der Waals surface area (Å²) in [5.74, 6) is 0.730. The van der Waals surface area contributed by atoms with E-state index in [2.05, 4.69) is 55.5 Å². The number of carbonyl (C=O) groups excluding carboxylic acids is 1. The normalized spacial score (nSPS) is 18.1. The molecule has 1 saturated heterocycles. The maximum absolute atomic E-state index is 12.2. The Balaban J connectivity index is 1.27. The monoisotopic (exact) mass is 437 g/mol. The van der Waals surface area contributed by atoms with E-state index in [-0.39, 0.29) is 11.0 Å². The van der Waals surface area contributed by atoms with E-state index in [1.165, 1.54) is 5.56 Å². The minimum absolute atomic E-state index is 0.125. The summed E-state index contributed by atoms with van der Waals surface area (Å²) in [6.07, 6.45) is 1.76. The number of oxime groups is 1. The van der Waals surface area contributed by atoms with Gasteiger partial charge in [0.2, 0.25) is 0 Å². The third-order valence-electron chi connectivity index (χ3n) is 6.11. The summed E-state index contributed by atoms with van der Waals surface area (Å²) in [4.78, 5) is 23.6. The predicted molar refractivity (Wildman–Crippen MR) is 124 cm³/mol. The Bertz CT molecular complexity index is 970. The van der Waals surface area contributed by atoms with E-state index in [0.29, 0.717) is 18.8 Å². The van der Waals surface area contributed by atoms with Gasteiger partial charge < -0.3 is 14.4 Å². The van der Waals surface area contributed by atoms with Crippen molar-refractivity contribution in [1.29, 1.82) is 0 Å². The van der Waals surface area contributed by atoms with E-state index in [1.807, 2.05) is 0 Å². The van der Waals surface area contributed by atoms with Gasteiger partial charge in [-0.15, -0.1) is 5.06 Å². The number of hydroxylamine groups is 2. The number of nitrogens with one attached hydrogen (secondary N) is 1. The molecule has 7 heteroatoms. The Morgan fingerprint density at radius 3 is 2.31 bits per heavy atom. The van der Waals surface area contributed by atoms with Gasteiger partial charge in [-0.3, -0.25) is 5.32 Å². The Morgan fingerprint density at radius 2 is 1.72 bits per heavy atom. The summed E-state index contributed by atoms with van der Waals surface area (Å²) in [6.45, 7) is 7.82. The highest BCUT2D eigenvalue weighted by molar-refractivity contribution is 6.01. The van der Waals surface area contributed by atoms with Gasteiger partial charge in [0.1, 0.15) is 11.4 Å². The van der Waals surface area contributed by atoms with Crippen LogP contribution in [0.4, 0.5) is 10.5 Å². The summed E-state index contributed by atoms with van der Waals surface area (Å²) < 4.78 is 5.12. The van der Waals surface area contributed by atoms with Gasteiger partial charge in [0.15, 0.2) is 0 Å². The van der Waals surface area contributed by atoms with Crippen molar-refractivity contribution in [3.05, 3.63) is 59.7 Å². The van der Waals surface area contributed by atoms with Gasteiger partial charge in [0.05, 0.1) is 12.8 Å². The lowest BCUT2D eigenvalue weighted by Crippen LogP contribution is -2.45. The highest BCUT2D eigenvalue weighted by atomic mass is 16.7. The molecular formula is C25H31N3O4. The minimum atomic E-state index is -0.505. The molecule has 0 saturated carbocycles. The van der Waals surface area contributed by atoms with Gasteiger partial charge in [-0.25, -0.2) is 4.79 Å². The average molecular weight is 438 g/mol. The third kappa shape index (κ3) is 5.05. The number of hydrogen-bond acceptors (Lipinski definition) is 6. The molecule has 0 unspecified atom stereocenters. The molecule has 7 nitrogen and oxygen atoms in total. The molecule has 1 fully saturated rings. The molecule has 32 heavy (non-hydrogen) atoms. The van der Waals surface area contributed by atoms with Gasteiger partial charge in [0, 0.05) is 38.0 Å². The van der Waals surface area contributed by atoms with Crippen molar-refractivity contribution in [2.24, 2.45) is 5.16 Å². The third-order valence-corrected chi connectivity index (χ3v) is 6.11. The zero-order chi connectivity index (χ0) is 22.8. The summed E-state index contributed by atoms with van der Waals surface area (Å²) >= 11 is 0. The molecule has 0 aliphatic carbocycles. The van der Waals surface area contributed by atoms with Crippen LogP contribution in [0.25, 0.3) is 0 Å². The topological polar surface area (TPSA) is 72.4 Å². The predicted octanol–water partition coefficient (Wildman–Crippen LogP) is 5.12. The van der Waals surface area contributed by atoms with Crippen molar-refractivity contribution in [3.63, 3.8) is 0 Å². The second-order valence-electron chi connectivity index (χ2n) is 9.48. The van der Waals surface area contributed by atoms with Gasteiger partial charge in [-0.2, -0.15) is 0 Å². The first kappa shape index (κ1) is 22.1. The maximum Gasteiger partial charge on any atom is 0.430 e. The molecule has 1 amide bonds. The Hall–Kier alpha value is -3.06. The lowest BCUT2D eigenvalue weighted by Gasteiger charge is -2.35. The highest BCUT2D eigenvalue weighted by Gasteiger charge is 2.43. The highest BCUT2D eigenvalue weighted by Crippen LogP contribution is 2.36. The number of amides is 1. The molecule has 2 aliphatic heterocycles. The van der Waals surface area contributed by atoms with Crippen LogP contribution in [-0.4, -0.2) is 42.7 Å². The van der Waals surface area contributed by atoms with Gasteiger partial charge in [-0.05, 0) is 40.8 Å². The summed E-state index contributed by atoms with van der Waals surface area (Å²) in [7, 11) is 1.60. The van der Waals surface area contributed by atoms with Crippen LogP contribution in [0.15, 0.2) is 53.7 Å². The molecule has 170 valence electrons. The Morgan fingerprint density at radius 1 is 1.06 bits per heavy atom. The molecule has 0 atom stereocenters. The standard InChI is InChI=1S/C25H31N3O4/c1-24(2,3)19-7-5-18(6-8-19)22-17-25(32-27-22)13-15-28(16-14-25)31-23(29)26-20-9-11-21(30-4)12-10-20/h5-12H,13-17H2,1-4H3,(H,26,29). The van der Waals surface area contributed by atoms with E-state index in [1.54, 1.807) is 36.4 Å². The largest absolute Gasteiger partial charge is 0.497 e. The van der Waals surface area contributed by atoms with E-state index < -0.39 is 6.09 Å². The number of methoxy groups -OCH3 is 1. The van der Waals surface area contributed by atoms with Crippen molar-refractivity contribution in [3.8, 4) is 5.75 Å². The second kappa shape index (κ2) is 8.82. The number of piperidine rings is 1. The van der Waals surface area contributed by atoms with Crippen LogP contribution in [0.3, 0.4) is 0 Å². The first-order valence-corrected chi connectivity index (χ1v) is 11.0. The second-order valence-corrected chi connectivity index (χ2v) is 9.48. The fourth-order valence-electron chi connectivity index (χ4n) is 4.02. The lowest BCUT2D eigenvalue weighted by atomic mass is 9.84. The molecule has 1 spiro atoms. The molecule has 2 aromatic rings. The van der Waals surface area contributed by atoms with Crippen LogP contribution < -0.4 is 10.1 Å². The first-order valence-electron chi connectivity index (χ1n) is 11.0. The molecule has 0 bridgehead atoms. The molecule has 0 aromatic heterocycles. The van der Waals surface area contributed by atoms with E-state index >= 15 is 0 Å². The van der Waals surface area contributed by atoms with Gasteiger partial charge in [0.25, 0.3) is 0 Å². The van der Waals surface area contributed by atoms with Crippen LogP contribution in [0.2, 0.25) is 0 Å². The van der Waals surface area contributed by atoms with Crippen molar-refractivity contribution in [1.82, 2.24) is 5.06 Å². The number of carbonyl (C=O) groups is 1. The molecule has 4 rings (SSSR count). The van der Waals surface area contributed by atoms with Crippen LogP contribution in [0.1, 0.15) is 51.2 Å². The first-order chi connectivity index (χ1) is 15.3. The zero-order valence-corrected chi connectivity index (χ0v) is 19.2. The number of anilines is 1. The average Bonchev–Trinajstić information content (AvgIpc) is 3.19. The molecule has 0 radical (unpaired) electrons. The van der Waals surface area contributed by atoms with Crippen LogP contribution >= 0.6 is 0 Å². The zero-order valence-electron chi connectivity index (χ0n) is 19.2. The van der Waals surface area contributed by atoms with Crippen molar-refractivity contribution in [2.45, 2.75) is 51.0 Å². The number of rotatable bonds is 4. The number of hydrogen-bond donors (Lipinski definition) is 1. The van der Waals surface area contributed by atoms with Gasteiger partial charge >= 0.3 is 6.09 Å².